The molecule has 4 nitrogen and oxygen atoms in total. The molecule has 3 N–H and O–H groups in total. The van der Waals surface area contributed by atoms with Gasteiger partial charge in [0.1, 0.15) is 5.82 Å². The number of nitrogens with two attached hydrogens (primary N) is 1. The molecular weight excluding hydrogens is 271 g/mol. The summed E-state index contributed by atoms with van der Waals surface area (Å²) in [5.74, 6) is 4.64. The summed E-state index contributed by atoms with van der Waals surface area (Å²) in [6.07, 6.45) is 1.75. The molecule has 0 aliphatic rings. The standard InChI is InChI=1S/C16H21FN2O2/c1-2-3-9-19(10-11-20)16(21)15-12-14(17)7-6-13(15)5-4-8-18/h6-7,12,20H,2-3,8-11,18H2,1H3. The second-order valence-electron chi connectivity index (χ2n) is 4.57. The van der Waals surface area contributed by atoms with Gasteiger partial charge in [-0.1, -0.05) is 25.2 Å². The molecule has 0 radical (unpaired) electrons. The third kappa shape index (κ3) is 5.18. The van der Waals surface area contributed by atoms with Crippen LogP contribution in [0.5, 0.6) is 0 Å². The number of hydrogen-bond acceptors (Lipinski definition) is 3. The number of aliphatic hydroxyl groups excluding tert-OH is 1. The van der Waals surface area contributed by atoms with Crippen LogP contribution >= 0.6 is 0 Å². The molecule has 114 valence electrons. The molecule has 0 saturated heterocycles. The zero-order valence-electron chi connectivity index (χ0n) is 12.2. The van der Waals surface area contributed by atoms with E-state index in [9.17, 15) is 9.18 Å². The monoisotopic (exact) mass is 292 g/mol. The Balaban J connectivity index is 3.09. The Hall–Kier alpha value is -1.90. The van der Waals surface area contributed by atoms with E-state index in [2.05, 4.69) is 11.8 Å². The molecular formula is C16H21FN2O2. The van der Waals surface area contributed by atoms with Gasteiger partial charge in [-0.15, -0.1) is 0 Å². The number of amides is 1. The minimum absolute atomic E-state index is 0.130. The van der Waals surface area contributed by atoms with E-state index in [0.717, 1.165) is 12.8 Å². The second kappa shape index (κ2) is 9.11. The first-order chi connectivity index (χ1) is 10.1. The summed E-state index contributed by atoms with van der Waals surface area (Å²) in [4.78, 5) is 14.0. The maximum atomic E-state index is 13.4. The molecule has 0 atom stereocenters. The summed E-state index contributed by atoms with van der Waals surface area (Å²) in [6.45, 7) is 2.80. The van der Waals surface area contributed by atoms with Gasteiger partial charge in [0.15, 0.2) is 0 Å². The number of benzene rings is 1. The third-order valence-electron chi connectivity index (χ3n) is 2.98. The van der Waals surface area contributed by atoms with Crippen LogP contribution in [0.2, 0.25) is 0 Å². The van der Waals surface area contributed by atoms with Crippen LogP contribution in [-0.4, -0.2) is 42.2 Å². The lowest BCUT2D eigenvalue weighted by molar-refractivity contribution is 0.0718. The van der Waals surface area contributed by atoms with Crippen LogP contribution in [0.3, 0.4) is 0 Å². The van der Waals surface area contributed by atoms with Crippen molar-refractivity contribution >= 4 is 5.91 Å². The minimum atomic E-state index is -0.490. The summed E-state index contributed by atoms with van der Waals surface area (Å²) in [5.41, 5.74) is 5.99. The summed E-state index contributed by atoms with van der Waals surface area (Å²) in [7, 11) is 0. The summed E-state index contributed by atoms with van der Waals surface area (Å²) in [5, 5.41) is 9.08. The van der Waals surface area contributed by atoms with Gasteiger partial charge in [-0.3, -0.25) is 4.79 Å². The molecule has 0 fully saturated rings. The van der Waals surface area contributed by atoms with Gasteiger partial charge >= 0.3 is 0 Å². The highest BCUT2D eigenvalue weighted by Crippen LogP contribution is 2.14. The Labute approximate surface area is 124 Å². The molecule has 1 aromatic carbocycles. The summed E-state index contributed by atoms with van der Waals surface area (Å²) >= 11 is 0. The molecule has 1 amide bonds. The van der Waals surface area contributed by atoms with Crippen LogP contribution in [0, 0.1) is 17.7 Å². The molecule has 0 saturated carbocycles. The van der Waals surface area contributed by atoms with E-state index in [0.29, 0.717) is 12.1 Å². The highest BCUT2D eigenvalue weighted by atomic mass is 19.1. The van der Waals surface area contributed by atoms with Crippen LogP contribution in [-0.2, 0) is 0 Å². The molecule has 0 aliphatic heterocycles. The first-order valence-electron chi connectivity index (χ1n) is 7.02. The largest absolute Gasteiger partial charge is 0.395 e. The fraction of sp³-hybridized carbons (Fsp3) is 0.438. The molecule has 5 heteroatoms. The first kappa shape index (κ1) is 17.2. The van der Waals surface area contributed by atoms with Crippen LogP contribution in [0.1, 0.15) is 35.7 Å². The van der Waals surface area contributed by atoms with Crippen molar-refractivity contribution in [3.8, 4) is 11.8 Å². The van der Waals surface area contributed by atoms with E-state index in [4.69, 9.17) is 10.8 Å². The van der Waals surface area contributed by atoms with Crippen molar-refractivity contribution in [1.29, 1.82) is 0 Å². The molecule has 0 heterocycles. The number of halogens is 1. The Morgan fingerprint density at radius 3 is 2.81 bits per heavy atom. The molecule has 0 aromatic heterocycles. The van der Waals surface area contributed by atoms with E-state index >= 15 is 0 Å². The van der Waals surface area contributed by atoms with Crippen LogP contribution in [0.4, 0.5) is 4.39 Å². The number of hydrogen-bond donors (Lipinski definition) is 2. The Morgan fingerprint density at radius 2 is 2.19 bits per heavy atom. The van der Waals surface area contributed by atoms with E-state index in [-0.39, 0.29) is 31.2 Å². The lowest BCUT2D eigenvalue weighted by atomic mass is 10.1. The lowest BCUT2D eigenvalue weighted by Crippen LogP contribution is -2.35. The molecule has 21 heavy (non-hydrogen) atoms. The van der Waals surface area contributed by atoms with E-state index in [1.165, 1.54) is 23.1 Å². The Kier molecular flexibility index (Phi) is 7.44. The SMILES string of the molecule is CCCCN(CCO)C(=O)c1cc(F)ccc1C#CCN. The minimum Gasteiger partial charge on any atom is -0.395 e. The van der Waals surface area contributed by atoms with E-state index in [1.54, 1.807) is 0 Å². The van der Waals surface area contributed by atoms with Crippen molar-refractivity contribution in [2.45, 2.75) is 19.8 Å². The van der Waals surface area contributed by atoms with Crippen molar-refractivity contribution < 1.29 is 14.3 Å². The quantitative estimate of drug-likeness (QED) is 0.778. The smallest absolute Gasteiger partial charge is 0.255 e. The second-order valence-corrected chi connectivity index (χ2v) is 4.57. The predicted molar refractivity (Wildman–Crippen MR) is 80.2 cm³/mol. The van der Waals surface area contributed by atoms with Crippen molar-refractivity contribution in [3.63, 3.8) is 0 Å². The highest BCUT2D eigenvalue weighted by molar-refractivity contribution is 5.96. The zero-order chi connectivity index (χ0) is 15.7. The molecule has 0 unspecified atom stereocenters. The van der Waals surface area contributed by atoms with Crippen molar-refractivity contribution in [1.82, 2.24) is 4.90 Å². The van der Waals surface area contributed by atoms with E-state index < -0.39 is 5.82 Å². The topological polar surface area (TPSA) is 66.6 Å². The van der Waals surface area contributed by atoms with Crippen molar-refractivity contribution in [3.05, 3.63) is 35.1 Å². The average molecular weight is 292 g/mol. The zero-order valence-corrected chi connectivity index (χ0v) is 12.2. The van der Waals surface area contributed by atoms with Crippen LogP contribution in [0.15, 0.2) is 18.2 Å². The van der Waals surface area contributed by atoms with Gasteiger partial charge in [-0.25, -0.2) is 4.39 Å². The van der Waals surface area contributed by atoms with Gasteiger partial charge in [0.2, 0.25) is 0 Å². The Morgan fingerprint density at radius 1 is 1.43 bits per heavy atom. The van der Waals surface area contributed by atoms with Gasteiger partial charge in [-0.05, 0) is 24.6 Å². The summed E-state index contributed by atoms with van der Waals surface area (Å²) in [6, 6.07) is 3.92. The third-order valence-corrected chi connectivity index (χ3v) is 2.98. The predicted octanol–water partition coefficient (Wildman–Crippen LogP) is 1.37. The maximum Gasteiger partial charge on any atom is 0.255 e. The van der Waals surface area contributed by atoms with Crippen LogP contribution in [0.25, 0.3) is 0 Å². The molecule has 0 aliphatic carbocycles. The lowest BCUT2D eigenvalue weighted by Gasteiger charge is -2.22. The van der Waals surface area contributed by atoms with Crippen molar-refractivity contribution in [2.75, 3.05) is 26.2 Å². The molecule has 0 bridgehead atoms. The number of nitrogens with zero attached hydrogens (tertiary/aromatic N) is 1. The van der Waals surface area contributed by atoms with Gasteiger partial charge in [0.05, 0.1) is 18.7 Å². The molecule has 1 aromatic rings. The van der Waals surface area contributed by atoms with Gasteiger partial charge in [-0.2, -0.15) is 0 Å². The first-order valence-corrected chi connectivity index (χ1v) is 7.02. The number of aliphatic hydroxyl groups is 1. The van der Waals surface area contributed by atoms with Crippen molar-refractivity contribution in [2.24, 2.45) is 5.73 Å². The van der Waals surface area contributed by atoms with Gasteiger partial charge < -0.3 is 15.7 Å². The maximum absolute atomic E-state index is 13.4. The van der Waals surface area contributed by atoms with E-state index in [1.807, 2.05) is 6.92 Å². The molecule has 0 spiro atoms. The fourth-order valence-corrected chi connectivity index (χ4v) is 1.90. The van der Waals surface area contributed by atoms with Crippen LogP contribution < -0.4 is 5.73 Å². The normalized spacial score (nSPS) is 9.90. The number of carbonyl (C=O) groups is 1. The van der Waals surface area contributed by atoms with Gasteiger partial charge in [0, 0.05) is 18.7 Å². The Bertz CT molecular complexity index is 535. The molecule has 1 rings (SSSR count). The number of rotatable bonds is 6. The highest BCUT2D eigenvalue weighted by Gasteiger charge is 2.18. The average Bonchev–Trinajstić information content (AvgIpc) is 2.49. The fourth-order valence-electron chi connectivity index (χ4n) is 1.90. The summed E-state index contributed by atoms with van der Waals surface area (Å²) < 4.78 is 13.4. The van der Waals surface area contributed by atoms with Gasteiger partial charge in [0.25, 0.3) is 5.91 Å². The number of unbranched alkanes of at least 4 members (excludes halogenated alkanes) is 1. The number of carbonyl (C=O) groups excluding carboxylic acids is 1.